The minimum Gasteiger partial charge on any atom is -0.465 e. The number of methoxy groups -OCH3 is 1. The van der Waals surface area contributed by atoms with Gasteiger partial charge in [-0.25, -0.2) is 22.8 Å². The number of esters is 1. The fourth-order valence-corrected chi connectivity index (χ4v) is 7.71. The first-order valence-corrected chi connectivity index (χ1v) is 18.5. The number of ether oxygens (including phenoxy) is 3. The lowest BCUT2D eigenvalue weighted by molar-refractivity contribution is -0.143. The summed E-state index contributed by atoms with van der Waals surface area (Å²) < 4.78 is 43.0. The second-order valence-electron chi connectivity index (χ2n) is 14.7. The minimum absolute atomic E-state index is 0.0748. The standard InChI is InChI=1S/C32H45N5O11S2/c1-9-17-15-32(17,27(41)36-50(44,45)19-10-11-19)35-23(38)21-14-18(47-28(42)34-24-20(12-13-49-24)26(40)46-8)16-37(21)25(39)22(30(2,3)4)33-29(43)48-31(5,6)7/h9,12-13,17-19,21-22H,1,10-11,14-16H2,2-8H3,(H,33,43)(H,34,42)(H,35,38)(H,36,41)/t17?,18-,21+,22-,32?/m1/s1. The highest BCUT2D eigenvalue weighted by atomic mass is 32.2. The number of likely N-dealkylation sites (tertiary alicyclic amines) is 1. The van der Waals surface area contributed by atoms with Crippen molar-refractivity contribution in [2.45, 2.75) is 102 Å². The number of hydrogen-bond acceptors (Lipinski definition) is 12. The molecule has 0 aromatic carbocycles. The Morgan fingerprint density at radius 3 is 2.28 bits per heavy atom. The van der Waals surface area contributed by atoms with Gasteiger partial charge in [-0.2, -0.15) is 0 Å². The molecular formula is C32H45N5O11S2. The number of sulfonamides is 1. The van der Waals surface area contributed by atoms with Gasteiger partial charge in [0, 0.05) is 12.3 Å². The summed E-state index contributed by atoms with van der Waals surface area (Å²) in [5.74, 6) is -3.67. The number of amides is 5. The maximum Gasteiger partial charge on any atom is 0.412 e. The van der Waals surface area contributed by atoms with Gasteiger partial charge in [0.2, 0.25) is 21.8 Å². The Morgan fingerprint density at radius 1 is 1.08 bits per heavy atom. The average molecular weight is 740 g/mol. The molecule has 50 heavy (non-hydrogen) atoms. The molecule has 4 N–H and O–H groups in total. The number of thiophene rings is 1. The van der Waals surface area contributed by atoms with Crippen LogP contribution >= 0.6 is 11.3 Å². The van der Waals surface area contributed by atoms with Crippen molar-refractivity contribution in [1.29, 1.82) is 0 Å². The normalized spacial score (nSPS) is 23.9. The topological polar surface area (TPSA) is 216 Å². The maximum atomic E-state index is 14.2. The van der Waals surface area contributed by atoms with Gasteiger partial charge >= 0.3 is 18.2 Å². The van der Waals surface area contributed by atoms with E-state index in [-0.39, 0.29) is 30.0 Å². The van der Waals surface area contributed by atoms with E-state index in [0.29, 0.717) is 12.8 Å². The number of anilines is 1. The largest absolute Gasteiger partial charge is 0.465 e. The van der Waals surface area contributed by atoms with E-state index in [9.17, 15) is 37.2 Å². The van der Waals surface area contributed by atoms with Crippen molar-refractivity contribution in [3.63, 3.8) is 0 Å². The highest BCUT2D eigenvalue weighted by Gasteiger charge is 2.62. The first-order chi connectivity index (χ1) is 23.1. The Bertz CT molecular complexity index is 1660. The van der Waals surface area contributed by atoms with E-state index in [1.54, 1.807) is 46.9 Å². The molecule has 0 spiro atoms. The van der Waals surface area contributed by atoms with Crippen molar-refractivity contribution >= 4 is 62.2 Å². The number of alkyl carbamates (subject to hydrolysis) is 1. The van der Waals surface area contributed by atoms with Crippen molar-refractivity contribution in [3.8, 4) is 0 Å². The minimum atomic E-state index is -3.94. The fraction of sp³-hybridized carbons (Fsp3) is 0.625. The molecule has 276 valence electrons. The van der Waals surface area contributed by atoms with Gasteiger partial charge in [-0.05, 0) is 56.9 Å². The summed E-state index contributed by atoms with van der Waals surface area (Å²) in [6, 6.07) is -1.06. The van der Waals surface area contributed by atoms with Gasteiger partial charge < -0.3 is 29.7 Å². The Kier molecular flexibility index (Phi) is 11.0. The van der Waals surface area contributed by atoms with Gasteiger partial charge in [-0.1, -0.05) is 26.8 Å². The number of carbonyl (C=O) groups is 6. The van der Waals surface area contributed by atoms with E-state index < -0.39 is 91.8 Å². The lowest BCUT2D eigenvalue weighted by Crippen LogP contribution is -2.60. The van der Waals surface area contributed by atoms with Gasteiger partial charge in [0.05, 0.1) is 24.5 Å². The van der Waals surface area contributed by atoms with Crippen LogP contribution < -0.4 is 20.7 Å². The van der Waals surface area contributed by atoms with Crippen LogP contribution in [0.15, 0.2) is 24.1 Å². The van der Waals surface area contributed by atoms with Gasteiger partial charge in [-0.15, -0.1) is 17.9 Å². The van der Waals surface area contributed by atoms with E-state index in [4.69, 9.17) is 14.2 Å². The Balaban J connectivity index is 1.59. The van der Waals surface area contributed by atoms with E-state index in [1.807, 2.05) is 0 Å². The number of hydrogen-bond donors (Lipinski definition) is 4. The van der Waals surface area contributed by atoms with Crippen LogP contribution in [0, 0.1) is 11.3 Å². The SMILES string of the molecule is C=CC1CC1(NC(=O)[C@@H]1C[C@@H](OC(=O)Nc2sccc2C(=O)OC)CN1C(=O)[C@@H](NC(=O)OC(C)(C)C)C(C)(C)C)C(=O)NS(=O)(=O)C1CC1. The summed E-state index contributed by atoms with van der Waals surface area (Å²) in [6.07, 6.45) is -0.739. The molecule has 16 nitrogen and oxygen atoms in total. The number of nitrogens with zero attached hydrogens (tertiary/aromatic N) is 1. The third-order valence-corrected chi connectivity index (χ3v) is 11.1. The van der Waals surface area contributed by atoms with Crippen LogP contribution in [0.2, 0.25) is 0 Å². The molecule has 0 radical (unpaired) electrons. The molecule has 2 heterocycles. The molecular weight excluding hydrogens is 695 g/mol. The zero-order chi connectivity index (χ0) is 37.4. The smallest absolute Gasteiger partial charge is 0.412 e. The lowest BCUT2D eigenvalue weighted by Gasteiger charge is -2.36. The van der Waals surface area contributed by atoms with Crippen molar-refractivity contribution in [3.05, 3.63) is 29.7 Å². The first-order valence-electron chi connectivity index (χ1n) is 16.1. The number of carbonyl (C=O) groups excluding carboxylic acids is 6. The molecule has 1 aliphatic heterocycles. The van der Waals surface area contributed by atoms with E-state index in [2.05, 4.69) is 27.3 Å². The van der Waals surface area contributed by atoms with Crippen LogP contribution in [0.1, 0.15) is 77.6 Å². The van der Waals surface area contributed by atoms with Crippen LogP contribution in [0.4, 0.5) is 14.6 Å². The summed E-state index contributed by atoms with van der Waals surface area (Å²) >= 11 is 1.05. The summed E-state index contributed by atoms with van der Waals surface area (Å²) in [6.45, 7) is 13.5. The van der Waals surface area contributed by atoms with E-state index in [1.165, 1.54) is 19.3 Å². The van der Waals surface area contributed by atoms with Crippen molar-refractivity contribution in [1.82, 2.24) is 20.3 Å². The molecule has 5 atom stereocenters. The number of rotatable bonds is 11. The molecule has 3 aliphatic rings. The molecule has 5 amide bonds. The molecule has 4 rings (SSSR count). The average Bonchev–Trinajstić information content (AvgIpc) is 3.89. The molecule has 1 aromatic heterocycles. The van der Waals surface area contributed by atoms with Crippen molar-refractivity contribution in [2.24, 2.45) is 11.3 Å². The highest BCUT2D eigenvalue weighted by Crippen LogP contribution is 2.45. The second-order valence-corrected chi connectivity index (χ2v) is 17.6. The third-order valence-electron chi connectivity index (χ3n) is 8.43. The maximum absolute atomic E-state index is 14.2. The Labute approximate surface area is 295 Å². The van der Waals surface area contributed by atoms with Gasteiger partial charge in [0.1, 0.15) is 34.3 Å². The van der Waals surface area contributed by atoms with Crippen LogP contribution in [-0.4, -0.2) is 97.4 Å². The zero-order valence-electron chi connectivity index (χ0n) is 29.1. The Morgan fingerprint density at radius 2 is 1.74 bits per heavy atom. The van der Waals surface area contributed by atoms with E-state index >= 15 is 0 Å². The first kappa shape index (κ1) is 38.6. The molecule has 3 fully saturated rings. The third kappa shape index (κ3) is 8.93. The van der Waals surface area contributed by atoms with Gasteiger partial charge in [-0.3, -0.25) is 24.4 Å². The van der Waals surface area contributed by atoms with Crippen LogP contribution in [0.3, 0.4) is 0 Å². The fourth-order valence-electron chi connectivity index (χ4n) is 5.58. The molecule has 18 heteroatoms. The molecule has 1 aromatic rings. The zero-order valence-corrected chi connectivity index (χ0v) is 30.7. The van der Waals surface area contributed by atoms with Gasteiger partial charge in [0.25, 0.3) is 5.91 Å². The monoisotopic (exact) mass is 739 g/mol. The second kappa shape index (κ2) is 14.2. The predicted molar refractivity (Wildman–Crippen MR) is 182 cm³/mol. The summed E-state index contributed by atoms with van der Waals surface area (Å²) in [5.41, 5.74) is -3.29. The number of nitrogens with one attached hydrogen (secondary N) is 4. The summed E-state index contributed by atoms with van der Waals surface area (Å²) in [7, 11) is -2.75. The molecule has 2 saturated carbocycles. The van der Waals surface area contributed by atoms with Crippen LogP contribution in [0.25, 0.3) is 0 Å². The molecule has 2 aliphatic carbocycles. The molecule has 2 unspecified atom stereocenters. The quantitative estimate of drug-likeness (QED) is 0.147. The van der Waals surface area contributed by atoms with Crippen molar-refractivity contribution < 1.29 is 51.4 Å². The summed E-state index contributed by atoms with van der Waals surface area (Å²) in [4.78, 5) is 80.6. The predicted octanol–water partition coefficient (Wildman–Crippen LogP) is 2.66. The Hall–Kier alpha value is -4.19. The van der Waals surface area contributed by atoms with E-state index in [0.717, 1.165) is 16.2 Å². The lowest BCUT2D eigenvalue weighted by atomic mass is 9.85. The van der Waals surface area contributed by atoms with Crippen molar-refractivity contribution in [2.75, 3.05) is 19.0 Å². The van der Waals surface area contributed by atoms with Crippen LogP contribution in [-0.2, 0) is 38.6 Å². The summed E-state index contributed by atoms with van der Waals surface area (Å²) in [5, 5.41) is 8.80. The molecule has 0 bridgehead atoms. The van der Waals surface area contributed by atoms with Crippen LogP contribution in [0.5, 0.6) is 0 Å². The molecule has 1 saturated heterocycles. The highest BCUT2D eigenvalue weighted by molar-refractivity contribution is 7.91. The van der Waals surface area contributed by atoms with Gasteiger partial charge in [0.15, 0.2) is 0 Å².